The summed E-state index contributed by atoms with van der Waals surface area (Å²) in [5.41, 5.74) is 2.49. The van der Waals surface area contributed by atoms with E-state index in [1.54, 1.807) is 39.5 Å². The van der Waals surface area contributed by atoms with Crippen LogP contribution < -0.4 is 19.5 Å². The molecule has 0 fully saturated rings. The fourth-order valence-electron chi connectivity index (χ4n) is 2.25. The van der Waals surface area contributed by atoms with Crippen molar-refractivity contribution in [2.24, 2.45) is 0 Å². The van der Waals surface area contributed by atoms with Crippen molar-refractivity contribution in [3.8, 4) is 17.2 Å². The van der Waals surface area contributed by atoms with Crippen molar-refractivity contribution >= 4 is 33.6 Å². The summed E-state index contributed by atoms with van der Waals surface area (Å²) in [6, 6.07) is 9.10. The minimum absolute atomic E-state index is 0.237. The number of methoxy groups -OCH3 is 3. The van der Waals surface area contributed by atoms with E-state index in [1.165, 1.54) is 6.08 Å². The third kappa shape index (κ3) is 4.76. The molecular formula is C19H20BrNO4. The van der Waals surface area contributed by atoms with Gasteiger partial charge in [0.15, 0.2) is 11.5 Å². The van der Waals surface area contributed by atoms with Crippen molar-refractivity contribution in [1.82, 2.24) is 0 Å². The van der Waals surface area contributed by atoms with Crippen LogP contribution in [0.3, 0.4) is 0 Å². The predicted molar refractivity (Wildman–Crippen MR) is 103 cm³/mol. The van der Waals surface area contributed by atoms with Gasteiger partial charge in [-0.3, -0.25) is 4.79 Å². The number of carbonyl (C=O) groups is 1. The van der Waals surface area contributed by atoms with Gasteiger partial charge < -0.3 is 19.5 Å². The maximum Gasteiger partial charge on any atom is 0.248 e. The highest BCUT2D eigenvalue weighted by Crippen LogP contribution is 2.35. The normalized spacial score (nSPS) is 10.6. The van der Waals surface area contributed by atoms with Gasteiger partial charge in [0.25, 0.3) is 0 Å². The van der Waals surface area contributed by atoms with E-state index < -0.39 is 0 Å². The number of hydrogen-bond acceptors (Lipinski definition) is 4. The minimum atomic E-state index is -0.237. The molecule has 0 atom stereocenters. The lowest BCUT2D eigenvalue weighted by Gasteiger charge is -2.12. The van der Waals surface area contributed by atoms with Crippen molar-refractivity contribution in [2.45, 2.75) is 6.92 Å². The van der Waals surface area contributed by atoms with Gasteiger partial charge in [-0.2, -0.15) is 0 Å². The summed E-state index contributed by atoms with van der Waals surface area (Å²) >= 11 is 3.44. The van der Waals surface area contributed by atoms with E-state index in [1.807, 2.05) is 25.1 Å². The molecule has 0 bridgehead atoms. The summed E-state index contributed by atoms with van der Waals surface area (Å²) in [5, 5.41) is 2.83. The molecule has 2 rings (SSSR count). The molecule has 0 spiro atoms. The first-order chi connectivity index (χ1) is 12.0. The zero-order valence-electron chi connectivity index (χ0n) is 14.6. The third-order valence-electron chi connectivity index (χ3n) is 3.58. The number of nitrogens with one attached hydrogen (secondary N) is 1. The van der Waals surface area contributed by atoms with Crippen molar-refractivity contribution in [3.63, 3.8) is 0 Å². The standard InChI is InChI=1S/C19H20BrNO4/c1-12-9-14(6-7-15(12)20)21-19(22)8-5-13-10-17(24-3)18(25-4)11-16(13)23-2/h5-11H,1-4H3,(H,21,22)/b8-5+. The number of carbonyl (C=O) groups excluding carboxylic acids is 1. The minimum Gasteiger partial charge on any atom is -0.496 e. The Labute approximate surface area is 155 Å². The average molecular weight is 406 g/mol. The summed E-state index contributed by atoms with van der Waals surface area (Å²) in [4.78, 5) is 12.2. The smallest absolute Gasteiger partial charge is 0.248 e. The second kappa shape index (κ2) is 8.58. The lowest BCUT2D eigenvalue weighted by atomic mass is 10.1. The second-order valence-corrected chi connectivity index (χ2v) is 6.09. The lowest BCUT2D eigenvalue weighted by molar-refractivity contribution is -0.111. The molecule has 0 radical (unpaired) electrons. The molecule has 1 N–H and O–H groups in total. The molecule has 0 heterocycles. The van der Waals surface area contributed by atoms with Crippen LogP contribution in [0.25, 0.3) is 6.08 Å². The molecule has 0 saturated carbocycles. The molecule has 5 nitrogen and oxygen atoms in total. The van der Waals surface area contributed by atoms with Crippen LogP contribution in [0.4, 0.5) is 5.69 Å². The Morgan fingerprint density at radius 2 is 1.64 bits per heavy atom. The molecule has 0 aromatic heterocycles. The number of anilines is 1. The van der Waals surface area contributed by atoms with Gasteiger partial charge >= 0.3 is 0 Å². The fourth-order valence-corrected chi connectivity index (χ4v) is 2.50. The Morgan fingerprint density at radius 1 is 1.00 bits per heavy atom. The summed E-state index contributed by atoms with van der Waals surface area (Å²) < 4.78 is 16.9. The maximum absolute atomic E-state index is 12.2. The molecule has 132 valence electrons. The van der Waals surface area contributed by atoms with Crippen LogP contribution in [0.15, 0.2) is 40.9 Å². The number of ether oxygens (including phenoxy) is 3. The maximum atomic E-state index is 12.2. The largest absolute Gasteiger partial charge is 0.496 e. The van der Waals surface area contributed by atoms with E-state index in [9.17, 15) is 4.79 Å². The first-order valence-corrected chi connectivity index (χ1v) is 8.33. The van der Waals surface area contributed by atoms with Gasteiger partial charge in [-0.05, 0) is 42.8 Å². The van der Waals surface area contributed by atoms with Crippen LogP contribution in [-0.4, -0.2) is 27.2 Å². The number of benzene rings is 2. The summed E-state index contributed by atoms with van der Waals surface area (Å²) in [5.74, 6) is 1.47. The monoisotopic (exact) mass is 405 g/mol. The quantitative estimate of drug-likeness (QED) is 0.721. The summed E-state index contributed by atoms with van der Waals surface area (Å²) in [6.07, 6.45) is 3.11. The first kappa shape index (κ1) is 18.9. The highest BCUT2D eigenvalue weighted by molar-refractivity contribution is 9.10. The van der Waals surface area contributed by atoms with Crippen LogP contribution >= 0.6 is 15.9 Å². The van der Waals surface area contributed by atoms with Gasteiger partial charge in [0.05, 0.1) is 21.3 Å². The van der Waals surface area contributed by atoms with E-state index in [-0.39, 0.29) is 5.91 Å². The number of hydrogen-bond donors (Lipinski definition) is 1. The first-order valence-electron chi connectivity index (χ1n) is 7.53. The Balaban J connectivity index is 2.19. The molecule has 25 heavy (non-hydrogen) atoms. The molecule has 0 saturated heterocycles. The lowest BCUT2D eigenvalue weighted by Crippen LogP contribution is -2.07. The van der Waals surface area contributed by atoms with E-state index in [2.05, 4.69) is 21.2 Å². The summed E-state index contributed by atoms with van der Waals surface area (Å²) in [7, 11) is 4.67. The van der Waals surface area contributed by atoms with Gasteiger partial charge in [0.1, 0.15) is 5.75 Å². The molecular weight excluding hydrogens is 386 g/mol. The Bertz CT molecular complexity index is 802. The van der Waals surface area contributed by atoms with Crippen LogP contribution in [-0.2, 0) is 4.79 Å². The SMILES string of the molecule is COc1cc(OC)c(OC)cc1/C=C/C(=O)Nc1ccc(Br)c(C)c1. The van der Waals surface area contributed by atoms with Gasteiger partial charge in [0.2, 0.25) is 5.91 Å². The van der Waals surface area contributed by atoms with Gasteiger partial charge in [-0.15, -0.1) is 0 Å². The van der Waals surface area contributed by atoms with Crippen molar-refractivity contribution < 1.29 is 19.0 Å². The van der Waals surface area contributed by atoms with Crippen LogP contribution in [0.1, 0.15) is 11.1 Å². The van der Waals surface area contributed by atoms with Crippen molar-refractivity contribution in [2.75, 3.05) is 26.6 Å². The Morgan fingerprint density at radius 3 is 2.24 bits per heavy atom. The molecule has 0 aliphatic carbocycles. The Kier molecular flexibility index (Phi) is 6.47. The molecule has 1 amide bonds. The van der Waals surface area contributed by atoms with Gasteiger partial charge in [0, 0.05) is 27.9 Å². The average Bonchev–Trinajstić information content (AvgIpc) is 2.62. The van der Waals surface area contributed by atoms with Gasteiger partial charge in [-0.25, -0.2) is 0 Å². The fraction of sp³-hybridized carbons (Fsp3) is 0.211. The topological polar surface area (TPSA) is 56.8 Å². The van der Waals surface area contributed by atoms with Crippen LogP contribution in [0.2, 0.25) is 0 Å². The second-order valence-electron chi connectivity index (χ2n) is 5.24. The van der Waals surface area contributed by atoms with Crippen molar-refractivity contribution in [3.05, 3.63) is 52.0 Å². The van der Waals surface area contributed by atoms with E-state index in [0.29, 0.717) is 22.8 Å². The zero-order valence-corrected chi connectivity index (χ0v) is 16.1. The molecule has 0 unspecified atom stereocenters. The highest BCUT2D eigenvalue weighted by atomic mass is 79.9. The predicted octanol–water partition coefficient (Wildman–Crippen LogP) is 4.44. The number of aryl methyl sites for hydroxylation is 1. The molecule has 6 heteroatoms. The number of rotatable bonds is 6. The zero-order chi connectivity index (χ0) is 18.4. The Hall–Kier alpha value is -2.47. The van der Waals surface area contributed by atoms with Gasteiger partial charge in [-0.1, -0.05) is 15.9 Å². The van der Waals surface area contributed by atoms with E-state index in [0.717, 1.165) is 15.7 Å². The third-order valence-corrected chi connectivity index (χ3v) is 4.47. The number of amides is 1. The highest BCUT2D eigenvalue weighted by Gasteiger charge is 2.10. The van der Waals surface area contributed by atoms with Crippen molar-refractivity contribution in [1.29, 1.82) is 0 Å². The summed E-state index contributed by atoms with van der Waals surface area (Å²) in [6.45, 7) is 1.96. The molecule has 0 aliphatic rings. The van der Waals surface area contributed by atoms with E-state index >= 15 is 0 Å². The molecule has 2 aromatic carbocycles. The molecule has 0 aliphatic heterocycles. The van der Waals surface area contributed by atoms with Crippen LogP contribution in [0.5, 0.6) is 17.2 Å². The van der Waals surface area contributed by atoms with Crippen LogP contribution in [0, 0.1) is 6.92 Å². The molecule has 2 aromatic rings. The van der Waals surface area contributed by atoms with E-state index in [4.69, 9.17) is 14.2 Å². The number of halogens is 1.